The van der Waals surface area contributed by atoms with Crippen molar-refractivity contribution in [3.05, 3.63) is 11.9 Å². The number of piperidine rings is 1. The molecule has 1 aliphatic rings. The summed E-state index contributed by atoms with van der Waals surface area (Å²) in [6.45, 7) is 6.55. The lowest BCUT2D eigenvalue weighted by atomic mass is 10.1. The fourth-order valence-electron chi connectivity index (χ4n) is 2.31. The fourth-order valence-corrected chi connectivity index (χ4v) is 2.31. The molecule has 1 atom stereocenters. The first-order valence-corrected chi connectivity index (χ1v) is 6.41. The third-order valence-corrected chi connectivity index (χ3v) is 3.08. The van der Waals surface area contributed by atoms with Crippen LogP contribution in [0, 0.1) is 6.92 Å². The summed E-state index contributed by atoms with van der Waals surface area (Å²) in [6, 6.07) is 1.88. The van der Waals surface area contributed by atoms with Gasteiger partial charge in [0.1, 0.15) is 17.5 Å². The van der Waals surface area contributed by atoms with Crippen molar-refractivity contribution in [2.24, 2.45) is 5.84 Å². The van der Waals surface area contributed by atoms with E-state index in [4.69, 9.17) is 10.6 Å². The molecule has 1 unspecified atom stereocenters. The van der Waals surface area contributed by atoms with Gasteiger partial charge < -0.3 is 15.1 Å². The number of aryl methyl sites for hydroxylation is 1. The normalized spacial score (nSPS) is 19.9. The smallest absolute Gasteiger partial charge is 0.145 e. The van der Waals surface area contributed by atoms with E-state index < -0.39 is 0 Å². The number of anilines is 2. The van der Waals surface area contributed by atoms with Gasteiger partial charge in [0.05, 0.1) is 6.10 Å². The van der Waals surface area contributed by atoms with Crippen molar-refractivity contribution in [3.63, 3.8) is 0 Å². The summed E-state index contributed by atoms with van der Waals surface area (Å²) in [5.41, 5.74) is 2.57. The average Bonchev–Trinajstić information content (AvgIpc) is 2.39. The summed E-state index contributed by atoms with van der Waals surface area (Å²) in [6.07, 6.45) is 2.54. The van der Waals surface area contributed by atoms with Gasteiger partial charge in [-0.15, -0.1) is 0 Å². The molecule has 0 bridgehead atoms. The highest BCUT2D eigenvalue weighted by Crippen LogP contribution is 2.21. The second-order valence-electron chi connectivity index (χ2n) is 4.47. The molecule has 1 aliphatic heterocycles. The first-order chi connectivity index (χ1) is 8.72. The van der Waals surface area contributed by atoms with Crippen LogP contribution in [0.2, 0.25) is 0 Å². The highest BCUT2D eigenvalue weighted by molar-refractivity contribution is 5.49. The third kappa shape index (κ3) is 3.08. The summed E-state index contributed by atoms with van der Waals surface area (Å²) in [5.74, 6) is 7.70. The number of rotatable bonds is 4. The highest BCUT2D eigenvalue weighted by atomic mass is 16.5. The topological polar surface area (TPSA) is 76.3 Å². The zero-order valence-electron chi connectivity index (χ0n) is 11.0. The Hall–Kier alpha value is -1.40. The van der Waals surface area contributed by atoms with E-state index in [1.165, 1.54) is 0 Å². The quantitative estimate of drug-likeness (QED) is 0.616. The monoisotopic (exact) mass is 251 g/mol. The molecule has 6 heteroatoms. The second kappa shape index (κ2) is 5.97. The van der Waals surface area contributed by atoms with Gasteiger partial charge in [-0.3, -0.25) is 0 Å². The van der Waals surface area contributed by atoms with Gasteiger partial charge in [0.2, 0.25) is 0 Å². The molecule has 0 aromatic carbocycles. The molecule has 0 aliphatic carbocycles. The molecule has 0 saturated carbocycles. The minimum Gasteiger partial charge on any atom is -0.377 e. The number of hydrazine groups is 1. The molecular formula is C12H21N5O. The minimum absolute atomic E-state index is 0.299. The number of hydrogen-bond donors (Lipinski definition) is 2. The first kappa shape index (κ1) is 13.0. The summed E-state index contributed by atoms with van der Waals surface area (Å²) in [4.78, 5) is 10.9. The Balaban J connectivity index is 2.12. The van der Waals surface area contributed by atoms with Crippen molar-refractivity contribution < 1.29 is 4.74 Å². The Morgan fingerprint density at radius 1 is 1.56 bits per heavy atom. The number of ether oxygens (including phenoxy) is 1. The van der Waals surface area contributed by atoms with Crippen LogP contribution in [0.1, 0.15) is 25.6 Å². The van der Waals surface area contributed by atoms with Crippen LogP contribution < -0.4 is 16.2 Å². The molecule has 1 saturated heterocycles. The maximum atomic E-state index is 5.70. The van der Waals surface area contributed by atoms with Gasteiger partial charge in [-0.2, -0.15) is 0 Å². The Morgan fingerprint density at radius 2 is 2.39 bits per heavy atom. The third-order valence-electron chi connectivity index (χ3n) is 3.08. The van der Waals surface area contributed by atoms with E-state index in [-0.39, 0.29) is 0 Å². The molecule has 18 heavy (non-hydrogen) atoms. The Morgan fingerprint density at radius 3 is 3.11 bits per heavy atom. The maximum absolute atomic E-state index is 5.70. The van der Waals surface area contributed by atoms with E-state index in [1.54, 1.807) is 0 Å². The van der Waals surface area contributed by atoms with Gasteiger partial charge in [-0.1, -0.05) is 0 Å². The zero-order valence-corrected chi connectivity index (χ0v) is 11.0. The van der Waals surface area contributed by atoms with Gasteiger partial charge in [-0.05, 0) is 26.7 Å². The van der Waals surface area contributed by atoms with E-state index >= 15 is 0 Å². The van der Waals surface area contributed by atoms with Crippen molar-refractivity contribution in [1.82, 2.24) is 9.97 Å². The number of aromatic nitrogens is 2. The Bertz CT molecular complexity index is 396. The number of nitrogen functional groups attached to an aromatic ring is 1. The first-order valence-electron chi connectivity index (χ1n) is 6.41. The van der Waals surface area contributed by atoms with Crippen LogP contribution in [-0.2, 0) is 4.74 Å². The van der Waals surface area contributed by atoms with Gasteiger partial charge in [0.25, 0.3) is 0 Å². The highest BCUT2D eigenvalue weighted by Gasteiger charge is 2.21. The summed E-state index contributed by atoms with van der Waals surface area (Å²) < 4.78 is 5.70. The van der Waals surface area contributed by atoms with Gasteiger partial charge >= 0.3 is 0 Å². The zero-order chi connectivity index (χ0) is 13.0. The van der Waals surface area contributed by atoms with Gasteiger partial charge in [-0.25, -0.2) is 15.8 Å². The SMILES string of the molecule is CCOC1CCCN(c2cc(NN)nc(C)n2)C1. The minimum atomic E-state index is 0.299. The molecule has 1 aromatic rings. The second-order valence-corrected chi connectivity index (χ2v) is 4.47. The van der Waals surface area contributed by atoms with E-state index in [9.17, 15) is 0 Å². The molecule has 6 nitrogen and oxygen atoms in total. The van der Waals surface area contributed by atoms with Gasteiger partial charge in [0, 0.05) is 25.8 Å². The molecule has 2 rings (SSSR count). The lowest BCUT2D eigenvalue weighted by Crippen LogP contribution is -2.40. The largest absolute Gasteiger partial charge is 0.377 e. The van der Waals surface area contributed by atoms with Crippen molar-refractivity contribution in [3.8, 4) is 0 Å². The average molecular weight is 251 g/mol. The van der Waals surface area contributed by atoms with Crippen molar-refractivity contribution in [2.75, 3.05) is 30.0 Å². The molecular weight excluding hydrogens is 230 g/mol. The van der Waals surface area contributed by atoms with E-state index in [0.717, 1.165) is 44.2 Å². The summed E-state index contributed by atoms with van der Waals surface area (Å²) >= 11 is 0. The summed E-state index contributed by atoms with van der Waals surface area (Å²) in [7, 11) is 0. The summed E-state index contributed by atoms with van der Waals surface area (Å²) in [5, 5.41) is 0. The van der Waals surface area contributed by atoms with Crippen molar-refractivity contribution in [1.29, 1.82) is 0 Å². The lowest BCUT2D eigenvalue weighted by Gasteiger charge is -2.33. The number of nitrogens with one attached hydrogen (secondary N) is 1. The molecule has 1 fully saturated rings. The Labute approximate surface area is 108 Å². The van der Waals surface area contributed by atoms with Crippen LogP contribution in [0.5, 0.6) is 0 Å². The van der Waals surface area contributed by atoms with E-state index in [0.29, 0.717) is 11.9 Å². The molecule has 0 amide bonds. The maximum Gasteiger partial charge on any atom is 0.145 e. The number of nitrogens with zero attached hydrogens (tertiary/aromatic N) is 3. The Kier molecular flexibility index (Phi) is 4.33. The molecule has 3 N–H and O–H groups in total. The molecule has 1 aromatic heterocycles. The number of nitrogens with two attached hydrogens (primary N) is 1. The van der Waals surface area contributed by atoms with Crippen molar-refractivity contribution in [2.45, 2.75) is 32.8 Å². The van der Waals surface area contributed by atoms with E-state index in [2.05, 4.69) is 20.3 Å². The van der Waals surface area contributed by atoms with Crippen LogP contribution in [-0.4, -0.2) is 35.8 Å². The van der Waals surface area contributed by atoms with Crippen LogP contribution in [0.15, 0.2) is 6.07 Å². The van der Waals surface area contributed by atoms with Crippen LogP contribution >= 0.6 is 0 Å². The lowest BCUT2D eigenvalue weighted by molar-refractivity contribution is 0.0525. The van der Waals surface area contributed by atoms with Crippen LogP contribution in [0.4, 0.5) is 11.6 Å². The predicted molar refractivity (Wildman–Crippen MR) is 71.4 cm³/mol. The molecule has 0 radical (unpaired) electrons. The van der Waals surface area contributed by atoms with Gasteiger partial charge in [0.15, 0.2) is 0 Å². The molecule has 0 spiro atoms. The predicted octanol–water partition coefficient (Wildman–Crippen LogP) is 1.08. The van der Waals surface area contributed by atoms with Crippen LogP contribution in [0.3, 0.4) is 0 Å². The molecule has 2 heterocycles. The van der Waals surface area contributed by atoms with E-state index in [1.807, 2.05) is 19.9 Å². The molecule has 100 valence electrons. The fraction of sp³-hybridized carbons (Fsp3) is 0.667. The van der Waals surface area contributed by atoms with Crippen molar-refractivity contribution >= 4 is 11.6 Å². The van der Waals surface area contributed by atoms with Crippen LogP contribution in [0.25, 0.3) is 0 Å². The number of hydrogen-bond acceptors (Lipinski definition) is 6. The standard InChI is InChI=1S/C12H21N5O/c1-3-18-10-5-4-6-17(8-10)12-7-11(16-13)14-9(2)15-12/h7,10H,3-6,8,13H2,1-2H3,(H,14,15,16).